The smallest absolute Gasteiger partial charge is 0.407 e. The lowest BCUT2D eigenvalue weighted by molar-refractivity contribution is -0.0580. The summed E-state index contributed by atoms with van der Waals surface area (Å²) in [5, 5.41) is 2.62. The van der Waals surface area contributed by atoms with Crippen LogP contribution >= 0.6 is 0 Å². The highest BCUT2D eigenvalue weighted by Crippen LogP contribution is 2.67. The van der Waals surface area contributed by atoms with Gasteiger partial charge in [-0.15, -0.1) is 0 Å². The Hall–Kier alpha value is -0.990. The number of ether oxygens (including phenoxy) is 1. The van der Waals surface area contributed by atoms with E-state index in [9.17, 15) is 4.79 Å². The second-order valence-corrected chi connectivity index (χ2v) is 12.8. The second kappa shape index (κ2) is 11.4. The highest BCUT2D eigenvalue weighted by atomic mass is 16.6. The maximum absolute atomic E-state index is 11.7. The van der Waals surface area contributed by atoms with E-state index in [0.29, 0.717) is 10.8 Å². The summed E-state index contributed by atoms with van der Waals surface area (Å²) in [6, 6.07) is 0. The molecule has 1 N–H and O–H groups in total. The van der Waals surface area contributed by atoms with Crippen LogP contribution in [0, 0.1) is 46.3 Å². The average molecular weight is 476 g/mol. The van der Waals surface area contributed by atoms with Crippen molar-refractivity contribution in [2.75, 3.05) is 7.05 Å². The van der Waals surface area contributed by atoms with Crippen LogP contribution < -0.4 is 5.32 Å². The summed E-state index contributed by atoms with van der Waals surface area (Å²) in [5.74, 6) is 5.25. The predicted octanol–water partition coefficient (Wildman–Crippen LogP) is 9.02. The fourth-order valence-corrected chi connectivity index (χ4v) is 8.96. The van der Waals surface area contributed by atoms with Crippen molar-refractivity contribution in [3.8, 4) is 0 Å². The van der Waals surface area contributed by atoms with Crippen LogP contribution in [0.15, 0.2) is 11.6 Å². The summed E-state index contributed by atoms with van der Waals surface area (Å²) in [6.45, 7) is 12.5. The van der Waals surface area contributed by atoms with Crippen molar-refractivity contribution in [1.82, 2.24) is 5.32 Å². The topological polar surface area (TPSA) is 38.3 Å². The Morgan fingerprint density at radius 3 is 2.47 bits per heavy atom. The van der Waals surface area contributed by atoms with E-state index in [1.165, 1.54) is 57.8 Å². The third kappa shape index (κ3) is 5.24. The molecule has 4 rings (SSSR count). The van der Waals surface area contributed by atoms with Crippen molar-refractivity contribution in [3.05, 3.63) is 11.6 Å². The molecule has 0 aromatic carbocycles. The van der Waals surface area contributed by atoms with Crippen molar-refractivity contribution in [1.29, 1.82) is 0 Å². The van der Waals surface area contributed by atoms with Gasteiger partial charge in [0.25, 0.3) is 0 Å². The lowest BCUT2D eigenvalue weighted by Gasteiger charge is -2.58. The summed E-state index contributed by atoms with van der Waals surface area (Å²) in [4.78, 5) is 11.7. The molecule has 3 nitrogen and oxygen atoms in total. The van der Waals surface area contributed by atoms with Crippen LogP contribution in [0.2, 0.25) is 0 Å². The van der Waals surface area contributed by atoms with Crippen molar-refractivity contribution in [2.45, 2.75) is 126 Å². The highest BCUT2D eigenvalue weighted by molar-refractivity contribution is 5.66. The Morgan fingerprint density at radius 1 is 1.06 bits per heavy atom. The van der Waals surface area contributed by atoms with Gasteiger partial charge in [0, 0.05) is 13.5 Å². The van der Waals surface area contributed by atoms with E-state index in [1.807, 2.05) is 0 Å². The lowest BCUT2D eigenvalue weighted by Crippen LogP contribution is -2.51. The number of alkyl carbamates (subject to hydrolysis) is 1. The number of carbonyl (C=O) groups excluding carboxylic acids is 1. The molecule has 0 bridgehead atoms. The molecule has 0 aliphatic heterocycles. The molecule has 34 heavy (non-hydrogen) atoms. The molecule has 1 unspecified atom stereocenters. The van der Waals surface area contributed by atoms with Gasteiger partial charge in [-0.25, -0.2) is 4.79 Å². The molecular formula is C31H57NO2. The zero-order valence-electron chi connectivity index (χ0n) is 21.7. The van der Waals surface area contributed by atoms with Crippen molar-refractivity contribution >= 4 is 6.09 Å². The number of carbonyl (C=O) groups is 1. The minimum Gasteiger partial charge on any atom is -0.446 e. The van der Waals surface area contributed by atoms with Crippen LogP contribution in [-0.2, 0) is 4.74 Å². The fourth-order valence-electron chi connectivity index (χ4n) is 8.96. The first kappa shape index (κ1) is 29.2. The Labute approximate surface area is 212 Å². The largest absolute Gasteiger partial charge is 0.446 e. The van der Waals surface area contributed by atoms with Gasteiger partial charge < -0.3 is 10.1 Å². The van der Waals surface area contributed by atoms with Crippen LogP contribution in [-0.4, -0.2) is 19.2 Å². The van der Waals surface area contributed by atoms with E-state index in [2.05, 4.69) is 46.0 Å². The zero-order valence-corrected chi connectivity index (χ0v) is 21.7. The first-order chi connectivity index (χ1) is 15.2. The first-order valence-corrected chi connectivity index (χ1v) is 13.8. The van der Waals surface area contributed by atoms with Crippen LogP contribution in [0.4, 0.5) is 4.79 Å². The SMILES string of the molecule is C.C.CNC(=O)OC1CC[C@]2(C)C(=CC[C@@H]3[C@H]4CC[C@@H]([C@@H](C)CCCC(C)C)[C@]4(C)CC[C@H]32)C1. The van der Waals surface area contributed by atoms with Gasteiger partial charge in [0.1, 0.15) is 6.10 Å². The number of nitrogens with one attached hydrogen (secondary N) is 1. The van der Waals surface area contributed by atoms with E-state index in [1.54, 1.807) is 12.6 Å². The maximum Gasteiger partial charge on any atom is 0.407 e. The monoisotopic (exact) mass is 475 g/mol. The summed E-state index contributed by atoms with van der Waals surface area (Å²) < 4.78 is 5.65. The average Bonchev–Trinajstić information content (AvgIpc) is 3.11. The van der Waals surface area contributed by atoms with Crippen LogP contribution in [0.1, 0.15) is 120 Å². The second-order valence-electron chi connectivity index (χ2n) is 12.8. The third-order valence-corrected chi connectivity index (χ3v) is 10.7. The summed E-state index contributed by atoms with van der Waals surface area (Å²) in [7, 11) is 1.65. The van der Waals surface area contributed by atoms with Crippen molar-refractivity contribution in [2.24, 2.45) is 46.3 Å². The number of amides is 1. The molecule has 1 amide bonds. The third-order valence-electron chi connectivity index (χ3n) is 10.7. The predicted molar refractivity (Wildman–Crippen MR) is 146 cm³/mol. The molecule has 8 atom stereocenters. The lowest BCUT2D eigenvalue weighted by atomic mass is 9.47. The molecule has 4 aliphatic carbocycles. The molecule has 0 aromatic rings. The van der Waals surface area contributed by atoms with Gasteiger partial charge in [0.2, 0.25) is 0 Å². The quantitative estimate of drug-likeness (QED) is 0.389. The first-order valence-electron chi connectivity index (χ1n) is 13.8. The van der Waals surface area contributed by atoms with E-state index < -0.39 is 0 Å². The number of allylic oxidation sites excluding steroid dienone is 1. The standard InChI is InChI=1S/C29H49NO2.2CH4/c1-19(2)8-7-9-20(3)24-12-13-25-23-11-10-21-18-22(32-27(31)30-6)14-16-28(21,4)26(23)15-17-29(24,25)5;;/h10,19-20,22-26H,7-9,11-18H2,1-6H3,(H,30,31);2*1H4/t20-,22?,23+,24-,25+,26+,28+,29-;;/m0../s1. The molecule has 3 saturated carbocycles. The van der Waals surface area contributed by atoms with Gasteiger partial charge in [-0.05, 0) is 91.3 Å². The van der Waals surface area contributed by atoms with Gasteiger partial charge in [0.05, 0.1) is 0 Å². The Morgan fingerprint density at radius 2 is 1.79 bits per heavy atom. The van der Waals surface area contributed by atoms with E-state index >= 15 is 0 Å². The van der Waals surface area contributed by atoms with Crippen LogP contribution in [0.25, 0.3) is 0 Å². The summed E-state index contributed by atoms with van der Waals surface area (Å²) >= 11 is 0. The van der Waals surface area contributed by atoms with Gasteiger partial charge in [-0.2, -0.15) is 0 Å². The Bertz CT molecular complexity index is 714. The van der Waals surface area contributed by atoms with Crippen molar-refractivity contribution in [3.63, 3.8) is 0 Å². The molecule has 0 aromatic heterocycles. The Balaban J connectivity index is 0.00000204. The molecule has 0 saturated heterocycles. The highest BCUT2D eigenvalue weighted by Gasteiger charge is 2.59. The molecule has 198 valence electrons. The van der Waals surface area contributed by atoms with Gasteiger partial charge >= 0.3 is 6.09 Å². The van der Waals surface area contributed by atoms with E-state index in [-0.39, 0.29) is 27.1 Å². The molecule has 0 heterocycles. The number of hydrogen-bond donors (Lipinski definition) is 1. The summed E-state index contributed by atoms with van der Waals surface area (Å²) in [6.07, 6.45) is 16.7. The maximum atomic E-state index is 11.7. The number of fused-ring (bicyclic) bond motifs is 5. The van der Waals surface area contributed by atoms with Gasteiger partial charge in [-0.3, -0.25) is 0 Å². The zero-order chi connectivity index (χ0) is 23.1. The molecule has 0 radical (unpaired) electrons. The molecule has 0 spiro atoms. The fraction of sp³-hybridized carbons (Fsp3) is 0.903. The van der Waals surface area contributed by atoms with Crippen LogP contribution in [0.3, 0.4) is 0 Å². The van der Waals surface area contributed by atoms with Crippen molar-refractivity contribution < 1.29 is 9.53 Å². The van der Waals surface area contributed by atoms with E-state index in [4.69, 9.17) is 4.74 Å². The molecule has 3 fully saturated rings. The molecular weight excluding hydrogens is 418 g/mol. The number of hydrogen-bond acceptors (Lipinski definition) is 2. The minimum atomic E-state index is -0.277. The normalized spacial score (nSPS) is 39.4. The van der Waals surface area contributed by atoms with Gasteiger partial charge in [0.15, 0.2) is 0 Å². The number of rotatable bonds is 6. The summed E-state index contributed by atoms with van der Waals surface area (Å²) in [5.41, 5.74) is 2.48. The van der Waals surface area contributed by atoms with E-state index in [0.717, 1.165) is 48.3 Å². The Kier molecular flexibility index (Phi) is 9.79. The van der Waals surface area contributed by atoms with Gasteiger partial charge in [-0.1, -0.05) is 80.4 Å². The van der Waals surface area contributed by atoms with Crippen LogP contribution in [0.5, 0.6) is 0 Å². The molecule has 3 heteroatoms. The molecule has 4 aliphatic rings. The minimum absolute atomic E-state index is 0.